The van der Waals surface area contributed by atoms with E-state index in [1.54, 1.807) is 35.9 Å². The summed E-state index contributed by atoms with van der Waals surface area (Å²) >= 11 is 0. The van der Waals surface area contributed by atoms with Gasteiger partial charge in [-0.05, 0) is 23.6 Å². The second-order valence-corrected chi connectivity index (χ2v) is 6.40. The highest BCUT2D eigenvalue weighted by Crippen LogP contribution is 2.17. The van der Waals surface area contributed by atoms with Crippen LogP contribution in [0.2, 0.25) is 0 Å². The Kier molecular flexibility index (Phi) is 4.61. The Morgan fingerprint density at radius 2 is 2.15 bits per heavy atom. The zero-order chi connectivity index (χ0) is 18.8. The van der Waals surface area contributed by atoms with Gasteiger partial charge in [0, 0.05) is 13.6 Å². The summed E-state index contributed by atoms with van der Waals surface area (Å²) in [5.41, 5.74) is 3.12. The Hall–Kier alpha value is -3.36. The molecule has 26 heavy (non-hydrogen) atoms. The van der Waals surface area contributed by atoms with Crippen molar-refractivity contribution in [1.29, 1.82) is 0 Å². The number of rotatable bonds is 5. The number of nitrogens with zero attached hydrogens (tertiary/aromatic N) is 4. The molecule has 0 aliphatic heterocycles. The average Bonchev–Trinajstić information content (AvgIpc) is 2.91. The molecular formula is C17H20N6O3. The van der Waals surface area contributed by atoms with Crippen molar-refractivity contribution in [2.75, 3.05) is 5.43 Å². The molecule has 3 rings (SSSR count). The van der Waals surface area contributed by atoms with Crippen LogP contribution in [0.1, 0.15) is 19.4 Å². The summed E-state index contributed by atoms with van der Waals surface area (Å²) in [6.45, 7) is 4.56. The van der Waals surface area contributed by atoms with E-state index < -0.39 is 11.2 Å². The van der Waals surface area contributed by atoms with Crippen LogP contribution >= 0.6 is 0 Å². The van der Waals surface area contributed by atoms with Crippen LogP contribution in [0.15, 0.2) is 39.0 Å². The van der Waals surface area contributed by atoms with Crippen LogP contribution in [0.4, 0.5) is 5.95 Å². The first-order valence-electron chi connectivity index (χ1n) is 8.14. The van der Waals surface area contributed by atoms with E-state index in [4.69, 9.17) is 0 Å². The number of H-pyrrole nitrogens is 1. The number of aromatic nitrogens is 4. The molecule has 0 unspecified atom stereocenters. The summed E-state index contributed by atoms with van der Waals surface area (Å²) in [6.07, 6.45) is 1.53. The molecule has 3 aromatic rings. The SMILES string of the molecule is CC(C)Cn1c(NN=Cc2cccc(O)c2)nc2c1c(=O)[nH]c(=O)n2C. The number of hydrazone groups is 1. The maximum atomic E-state index is 12.3. The number of phenols is 1. The van der Waals surface area contributed by atoms with Gasteiger partial charge in [0.1, 0.15) is 5.75 Å². The Bertz CT molecular complexity index is 1090. The minimum atomic E-state index is -0.522. The molecule has 0 atom stereocenters. The third-order valence-electron chi connectivity index (χ3n) is 3.80. The van der Waals surface area contributed by atoms with Crippen molar-refractivity contribution in [3.63, 3.8) is 0 Å². The normalized spacial score (nSPS) is 11.7. The van der Waals surface area contributed by atoms with Crippen molar-refractivity contribution in [2.45, 2.75) is 20.4 Å². The molecule has 0 fully saturated rings. The van der Waals surface area contributed by atoms with Crippen LogP contribution < -0.4 is 16.7 Å². The minimum absolute atomic E-state index is 0.141. The lowest BCUT2D eigenvalue weighted by molar-refractivity contribution is 0.475. The van der Waals surface area contributed by atoms with Crippen LogP contribution in [-0.2, 0) is 13.6 Å². The number of aryl methyl sites for hydroxylation is 1. The molecule has 1 aromatic carbocycles. The van der Waals surface area contributed by atoms with Crippen LogP contribution in [0.3, 0.4) is 0 Å². The summed E-state index contributed by atoms with van der Waals surface area (Å²) in [7, 11) is 1.55. The summed E-state index contributed by atoms with van der Waals surface area (Å²) < 4.78 is 3.00. The number of aromatic hydroxyl groups is 1. The van der Waals surface area contributed by atoms with Crippen molar-refractivity contribution in [2.24, 2.45) is 18.1 Å². The van der Waals surface area contributed by atoms with Gasteiger partial charge in [0.05, 0.1) is 6.21 Å². The third-order valence-corrected chi connectivity index (χ3v) is 3.80. The number of benzene rings is 1. The van der Waals surface area contributed by atoms with Gasteiger partial charge < -0.3 is 9.67 Å². The Balaban J connectivity index is 2.04. The van der Waals surface area contributed by atoms with E-state index in [1.165, 1.54) is 10.8 Å². The molecule has 0 spiro atoms. The molecule has 0 aliphatic rings. The zero-order valence-corrected chi connectivity index (χ0v) is 14.7. The molecule has 2 heterocycles. The van der Waals surface area contributed by atoms with Gasteiger partial charge in [-0.15, -0.1) is 0 Å². The first kappa shape index (κ1) is 17.5. The van der Waals surface area contributed by atoms with Gasteiger partial charge in [-0.2, -0.15) is 10.1 Å². The number of hydrogen-bond acceptors (Lipinski definition) is 6. The van der Waals surface area contributed by atoms with Gasteiger partial charge in [-0.1, -0.05) is 26.0 Å². The number of imidazole rings is 1. The quantitative estimate of drug-likeness (QED) is 0.469. The first-order chi connectivity index (χ1) is 12.4. The van der Waals surface area contributed by atoms with Crippen LogP contribution in [0.25, 0.3) is 11.2 Å². The maximum Gasteiger partial charge on any atom is 0.329 e. The van der Waals surface area contributed by atoms with Crippen LogP contribution in [0, 0.1) is 5.92 Å². The van der Waals surface area contributed by atoms with Gasteiger partial charge in [-0.25, -0.2) is 10.2 Å². The van der Waals surface area contributed by atoms with E-state index in [2.05, 4.69) is 20.5 Å². The number of phenolic OH excluding ortho intramolecular Hbond substituents is 1. The van der Waals surface area contributed by atoms with Gasteiger partial charge in [0.15, 0.2) is 11.2 Å². The fraction of sp³-hybridized carbons (Fsp3) is 0.294. The largest absolute Gasteiger partial charge is 0.508 e. The molecule has 2 aromatic heterocycles. The second-order valence-electron chi connectivity index (χ2n) is 6.40. The lowest BCUT2D eigenvalue weighted by atomic mass is 10.2. The molecule has 0 amide bonds. The number of nitrogens with one attached hydrogen (secondary N) is 2. The lowest BCUT2D eigenvalue weighted by Gasteiger charge is -2.10. The van der Waals surface area contributed by atoms with Gasteiger partial charge >= 0.3 is 5.69 Å². The zero-order valence-electron chi connectivity index (χ0n) is 14.7. The molecule has 0 saturated carbocycles. The van der Waals surface area contributed by atoms with E-state index in [0.717, 1.165) is 0 Å². The highest BCUT2D eigenvalue weighted by molar-refractivity contribution is 5.81. The molecule has 3 N–H and O–H groups in total. The van der Waals surface area contributed by atoms with E-state index in [1.807, 2.05) is 13.8 Å². The molecular weight excluding hydrogens is 336 g/mol. The predicted octanol–water partition coefficient (Wildman–Crippen LogP) is 1.23. The van der Waals surface area contributed by atoms with E-state index >= 15 is 0 Å². The molecule has 0 radical (unpaired) electrons. The number of aromatic amines is 1. The van der Waals surface area contributed by atoms with Crippen LogP contribution in [-0.4, -0.2) is 30.4 Å². The highest BCUT2D eigenvalue weighted by atomic mass is 16.3. The molecule has 9 nitrogen and oxygen atoms in total. The molecule has 0 saturated heterocycles. The number of fused-ring (bicyclic) bond motifs is 1. The van der Waals surface area contributed by atoms with Crippen molar-refractivity contribution >= 4 is 23.3 Å². The Morgan fingerprint density at radius 3 is 2.85 bits per heavy atom. The van der Waals surface area contributed by atoms with E-state index in [9.17, 15) is 14.7 Å². The van der Waals surface area contributed by atoms with E-state index in [-0.39, 0.29) is 17.3 Å². The molecule has 0 aliphatic carbocycles. The van der Waals surface area contributed by atoms with Crippen molar-refractivity contribution in [3.8, 4) is 5.75 Å². The monoisotopic (exact) mass is 356 g/mol. The fourth-order valence-corrected chi connectivity index (χ4v) is 2.63. The Morgan fingerprint density at radius 1 is 1.38 bits per heavy atom. The lowest BCUT2D eigenvalue weighted by Crippen LogP contribution is -2.29. The molecule has 0 bridgehead atoms. The highest BCUT2D eigenvalue weighted by Gasteiger charge is 2.17. The van der Waals surface area contributed by atoms with Crippen LogP contribution in [0.5, 0.6) is 5.75 Å². The standard InChI is InChI=1S/C17H20N6O3/c1-10(2)9-23-13-14(22(3)17(26)20-15(13)25)19-16(23)21-18-8-11-5-4-6-12(24)7-11/h4-8,10,24H,9H2,1-3H3,(H,19,21)(H,20,25,26). The van der Waals surface area contributed by atoms with Crippen molar-refractivity contribution in [3.05, 3.63) is 50.7 Å². The first-order valence-corrected chi connectivity index (χ1v) is 8.14. The summed E-state index contributed by atoms with van der Waals surface area (Å²) in [6, 6.07) is 6.63. The Labute approximate surface area is 148 Å². The fourth-order valence-electron chi connectivity index (χ4n) is 2.63. The van der Waals surface area contributed by atoms with Crippen molar-refractivity contribution in [1.82, 2.24) is 19.1 Å². The molecule has 136 valence electrons. The van der Waals surface area contributed by atoms with Gasteiger partial charge in [0.2, 0.25) is 5.95 Å². The summed E-state index contributed by atoms with van der Waals surface area (Å²) in [5.74, 6) is 0.749. The topological polar surface area (TPSA) is 117 Å². The maximum absolute atomic E-state index is 12.3. The second kappa shape index (κ2) is 6.87. The number of anilines is 1. The summed E-state index contributed by atoms with van der Waals surface area (Å²) in [5, 5.41) is 13.6. The van der Waals surface area contributed by atoms with E-state index in [0.29, 0.717) is 23.6 Å². The third kappa shape index (κ3) is 3.37. The molecule has 9 heteroatoms. The van der Waals surface area contributed by atoms with Crippen molar-refractivity contribution < 1.29 is 5.11 Å². The smallest absolute Gasteiger partial charge is 0.329 e. The summed E-state index contributed by atoms with van der Waals surface area (Å²) in [4.78, 5) is 30.7. The average molecular weight is 356 g/mol. The van der Waals surface area contributed by atoms with Gasteiger partial charge in [0.25, 0.3) is 5.56 Å². The predicted molar refractivity (Wildman–Crippen MR) is 99.8 cm³/mol. The minimum Gasteiger partial charge on any atom is -0.508 e. The number of hydrogen-bond donors (Lipinski definition) is 3. The van der Waals surface area contributed by atoms with Gasteiger partial charge in [-0.3, -0.25) is 14.3 Å².